The Kier molecular flexibility index (Phi) is 7.24. The molecule has 1 atom stereocenters. The van der Waals surface area contributed by atoms with Gasteiger partial charge in [-0.1, -0.05) is 42.3 Å². The lowest BCUT2D eigenvalue weighted by Crippen LogP contribution is -2.09. The van der Waals surface area contributed by atoms with Crippen LogP contribution in [0.3, 0.4) is 0 Å². The number of rotatable bonds is 8. The summed E-state index contributed by atoms with van der Waals surface area (Å²) >= 11 is 0. The molecule has 0 amide bonds. The monoisotopic (exact) mass is 453 g/mol. The van der Waals surface area contributed by atoms with Gasteiger partial charge in [-0.15, -0.1) is 5.92 Å². The van der Waals surface area contributed by atoms with Gasteiger partial charge in [-0.25, -0.2) is 9.50 Å². The lowest BCUT2D eigenvalue weighted by Gasteiger charge is -2.13. The third-order valence-corrected chi connectivity index (χ3v) is 5.58. The Balaban J connectivity index is 1.53. The Bertz CT molecular complexity index is 1350. The fourth-order valence-corrected chi connectivity index (χ4v) is 3.92. The van der Waals surface area contributed by atoms with Crippen molar-refractivity contribution in [3.8, 4) is 28.7 Å². The maximum atomic E-state index is 11.9. The number of benzene rings is 2. The van der Waals surface area contributed by atoms with Gasteiger partial charge in [-0.3, -0.25) is 4.79 Å². The van der Waals surface area contributed by atoms with Crippen molar-refractivity contribution in [1.29, 1.82) is 0 Å². The van der Waals surface area contributed by atoms with Crippen molar-refractivity contribution in [2.75, 3.05) is 6.61 Å². The highest BCUT2D eigenvalue weighted by atomic mass is 16.5. The van der Waals surface area contributed by atoms with E-state index in [2.05, 4.69) is 47.0 Å². The van der Waals surface area contributed by atoms with Crippen LogP contribution in [-0.2, 0) is 16.1 Å². The van der Waals surface area contributed by atoms with E-state index >= 15 is 0 Å². The molecular weight excluding hydrogens is 426 g/mol. The molecule has 2 aromatic carbocycles. The first kappa shape index (κ1) is 23.1. The normalized spacial score (nSPS) is 11.5. The van der Waals surface area contributed by atoms with Gasteiger partial charge >= 0.3 is 5.97 Å². The fourth-order valence-electron chi connectivity index (χ4n) is 3.92. The van der Waals surface area contributed by atoms with Crippen molar-refractivity contribution in [3.63, 3.8) is 0 Å². The van der Waals surface area contributed by atoms with E-state index in [4.69, 9.17) is 9.47 Å². The average Bonchev–Trinajstić information content (AvgIpc) is 3.32. The quantitative estimate of drug-likeness (QED) is 0.266. The Hall–Kier alpha value is -4.11. The Labute approximate surface area is 199 Å². The van der Waals surface area contributed by atoms with Crippen molar-refractivity contribution >= 4 is 11.6 Å². The molecule has 0 aliphatic heterocycles. The van der Waals surface area contributed by atoms with E-state index in [0.717, 1.165) is 33.7 Å². The molecule has 0 N–H and O–H groups in total. The Morgan fingerprint density at radius 1 is 1.15 bits per heavy atom. The van der Waals surface area contributed by atoms with Gasteiger partial charge in [0.05, 0.1) is 18.9 Å². The van der Waals surface area contributed by atoms with Gasteiger partial charge in [0, 0.05) is 17.3 Å². The van der Waals surface area contributed by atoms with Crippen LogP contribution in [0.1, 0.15) is 42.9 Å². The molecule has 0 bridgehead atoms. The highest BCUT2D eigenvalue weighted by molar-refractivity contribution is 5.71. The molecule has 0 saturated heterocycles. The molecule has 6 heteroatoms. The van der Waals surface area contributed by atoms with Crippen molar-refractivity contribution < 1.29 is 14.3 Å². The minimum absolute atomic E-state index is 0.209. The van der Waals surface area contributed by atoms with Crippen LogP contribution in [0.4, 0.5) is 0 Å². The van der Waals surface area contributed by atoms with Crippen molar-refractivity contribution in [3.05, 3.63) is 83.8 Å². The number of fused-ring (bicyclic) bond motifs is 1. The molecule has 0 unspecified atom stereocenters. The van der Waals surface area contributed by atoms with Crippen LogP contribution in [-0.4, -0.2) is 27.2 Å². The number of hydrogen-bond acceptors (Lipinski definition) is 5. The third-order valence-electron chi connectivity index (χ3n) is 5.58. The standard InChI is InChI=1S/C28H27N3O3/c1-4-8-22(16-27(32)33-5-2)21-11-13-25(14-12-21)34-18-24-15-23(17-31-28(24)29-19-30-31)26-10-7-6-9-20(26)3/h6-7,9-15,17,19,22H,5,16,18H2,1-3H3/t22-/m0/s1. The van der Waals surface area contributed by atoms with Gasteiger partial charge < -0.3 is 9.47 Å². The summed E-state index contributed by atoms with van der Waals surface area (Å²) < 4.78 is 13.0. The number of pyridine rings is 1. The second-order valence-electron chi connectivity index (χ2n) is 7.91. The molecule has 2 heterocycles. The van der Waals surface area contributed by atoms with E-state index in [1.165, 1.54) is 5.56 Å². The summed E-state index contributed by atoms with van der Waals surface area (Å²) in [6, 6.07) is 18.0. The average molecular weight is 454 g/mol. The molecule has 0 fully saturated rings. The molecule has 0 aliphatic rings. The predicted octanol–water partition coefficient (Wildman–Crippen LogP) is 5.34. The summed E-state index contributed by atoms with van der Waals surface area (Å²) in [6.07, 6.45) is 3.76. The molecule has 2 aromatic heterocycles. The van der Waals surface area contributed by atoms with E-state index in [0.29, 0.717) is 13.2 Å². The molecule has 0 spiro atoms. The first-order chi connectivity index (χ1) is 16.6. The number of hydrogen-bond donors (Lipinski definition) is 0. The molecule has 6 nitrogen and oxygen atoms in total. The lowest BCUT2D eigenvalue weighted by atomic mass is 9.96. The zero-order chi connectivity index (χ0) is 23.9. The molecule has 0 aliphatic carbocycles. The van der Waals surface area contributed by atoms with Crippen LogP contribution in [0.15, 0.2) is 67.1 Å². The van der Waals surface area contributed by atoms with Crippen molar-refractivity contribution in [2.45, 2.75) is 39.7 Å². The van der Waals surface area contributed by atoms with E-state index < -0.39 is 0 Å². The largest absolute Gasteiger partial charge is 0.489 e. The summed E-state index contributed by atoms with van der Waals surface area (Å²) in [5.41, 5.74) is 6.06. The van der Waals surface area contributed by atoms with Gasteiger partial charge in [0.1, 0.15) is 18.7 Å². The second kappa shape index (κ2) is 10.7. The minimum atomic E-state index is -0.249. The van der Waals surface area contributed by atoms with Gasteiger partial charge in [0.15, 0.2) is 5.65 Å². The van der Waals surface area contributed by atoms with Gasteiger partial charge in [-0.05, 0) is 55.7 Å². The van der Waals surface area contributed by atoms with Gasteiger partial charge in [-0.2, -0.15) is 5.10 Å². The van der Waals surface area contributed by atoms with E-state index in [-0.39, 0.29) is 18.3 Å². The SMILES string of the molecule is CC#C[C@@H](CC(=O)OCC)c1ccc(OCc2cc(-c3ccccc3C)cn3ncnc23)cc1. The van der Waals surface area contributed by atoms with Crippen molar-refractivity contribution in [1.82, 2.24) is 14.6 Å². The van der Waals surface area contributed by atoms with Crippen LogP contribution >= 0.6 is 0 Å². The van der Waals surface area contributed by atoms with Crippen LogP contribution < -0.4 is 4.74 Å². The number of ether oxygens (including phenoxy) is 2. The number of esters is 1. The predicted molar refractivity (Wildman–Crippen MR) is 131 cm³/mol. The van der Waals surface area contributed by atoms with E-state index in [1.807, 2.05) is 42.6 Å². The van der Waals surface area contributed by atoms with E-state index in [9.17, 15) is 4.79 Å². The first-order valence-electron chi connectivity index (χ1n) is 11.3. The number of carbonyl (C=O) groups is 1. The summed E-state index contributed by atoms with van der Waals surface area (Å²) in [4.78, 5) is 16.3. The summed E-state index contributed by atoms with van der Waals surface area (Å²) in [5, 5.41) is 4.33. The molecule has 0 saturated carbocycles. The Morgan fingerprint density at radius 3 is 2.68 bits per heavy atom. The van der Waals surface area contributed by atoms with Crippen LogP contribution in [0, 0.1) is 18.8 Å². The lowest BCUT2D eigenvalue weighted by molar-refractivity contribution is -0.143. The minimum Gasteiger partial charge on any atom is -0.489 e. The highest BCUT2D eigenvalue weighted by Gasteiger charge is 2.15. The summed E-state index contributed by atoms with van der Waals surface area (Å²) in [5.74, 6) is 6.27. The second-order valence-corrected chi connectivity index (χ2v) is 7.91. The van der Waals surface area contributed by atoms with E-state index in [1.54, 1.807) is 24.7 Å². The van der Waals surface area contributed by atoms with Gasteiger partial charge in [0.2, 0.25) is 0 Å². The molecule has 34 heavy (non-hydrogen) atoms. The summed E-state index contributed by atoms with van der Waals surface area (Å²) in [7, 11) is 0. The highest BCUT2D eigenvalue weighted by Crippen LogP contribution is 2.27. The maximum absolute atomic E-state index is 11.9. The Morgan fingerprint density at radius 2 is 1.94 bits per heavy atom. The van der Waals surface area contributed by atoms with Crippen LogP contribution in [0.25, 0.3) is 16.8 Å². The number of carbonyl (C=O) groups excluding carboxylic acids is 1. The number of nitrogens with zero attached hydrogens (tertiary/aromatic N) is 3. The smallest absolute Gasteiger partial charge is 0.307 e. The van der Waals surface area contributed by atoms with Crippen LogP contribution in [0.5, 0.6) is 5.75 Å². The summed E-state index contributed by atoms with van der Waals surface area (Å²) in [6.45, 7) is 6.38. The molecule has 4 aromatic rings. The van der Waals surface area contributed by atoms with Gasteiger partial charge in [0.25, 0.3) is 0 Å². The number of aromatic nitrogens is 3. The number of aryl methyl sites for hydroxylation is 1. The zero-order valence-electron chi connectivity index (χ0n) is 19.6. The molecule has 172 valence electrons. The topological polar surface area (TPSA) is 65.7 Å². The molecular formula is C28H27N3O3. The maximum Gasteiger partial charge on any atom is 0.307 e. The molecule has 0 radical (unpaired) electrons. The van der Waals surface area contributed by atoms with Crippen molar-refractivity contribution in [2.24, 2.45) is 0 Å². The zero-order valence-corrected chi connectivity index (χ0v) is 19.6. The third kappa shape index (κ3) is 5.26. The fraction of sp³-hybridized carbons (Fsp3) is 0.250. The molecule has 4 rings (SSSR count). The van der Waals surface area contributed by atoms with Crippen LogP contribution in [0.2, 0.25) is 0 Å². The first-order valence-corrected chi connectivity index (χ1v) is 11.3.